The molecule has 2 rings (SSSR count). The number of hydrogen-bond donors (Lipinski definition) is 1. The van der Waals surface area contributed by atoms with E-state index in [1.54, 1.807) is 6.20 Å². The lowest BCUT2D eigenvalue weighted by molar-refractivity contribution is 0.167. The summed E-state index contributed by atoms with van der Waals surface area (Å²) >= 11 is 0. The van der Waals surface area contributed by atoms with Gasteiger partial charge in [-0.1, -0.05) is 20.8 Å². The van der Waals surface area contributed by atoms with Gasteiger partial charge in [0, 0.05) is 5.92 Å². The fourth-order valence-corrected chi connectivity index (χ4v) is 2.91. The van der Waals surface area contributed by atoms with E-state index in [0.29, 0.717) is 22.7 Å². The second kappa shape index (κ2) is 5.16. The van der Waals surface area contributed by atoms with E-state index >= 15 is 0 Å². The summed E-state index contributed by atoms with van der Waals surface area (Å²) in [5.41, 5.74) is 6.51. The molecule has 0 atom stereocenters. The van der Waals surface area contributed by atoms with Gasteiger partial charge < -0.3 is 5.73 Å². The second-order valence-electron chi connectivity index (χ2n) is 6.55. The Morgan fingerprint density at radius 1 is 1.26 bits per heavy atom. The molecule has 0 spiro atoms. The Labute approximate surface area is 115 Å². The van der Waals surface area contributed by atoms with Gasteiger partial charge in [-0.25, -0.2) is 9.97 Å². The Morgan fingerprint density at radius 3 is 2.37 bits per heavy atom. The largest absolute Gasteiger partial charge is 0.382 e. The molecular formula is C15H22N4. The Morgan fingerprint density at radius 2 is 1.89 bits per heavy atom. The summed E-state index contributed by atoms with van der Waals surface area (Å²) in [6.45, 7) is 6.94. The molecule has 102 valence electrons. The van der Waals surface area contributed by atoms with Gasteiger partial charge >= 0.3 is 0 Å². The zero-order valence-corrected chi connectivity index (χ0v) is 12.0. The van der Waals surface area contributed by atoms with Gasteiger partial charge in [-0.15, -0.1) is 0 Å². The lowest BCUT2D eigenvalue weighted by Gasteiger charge is -2.36. The zero-order chi connectivity index (χ0) is 14.0. The van der Waals surface area contributed by atoms with Gasteiger partial charge in [0.15, 0.2) is 0 Å². The molecule has 0 aromatic carbocycles. The normalized spacial score (nSPS) is 23.9. The van der Waals surface area contributed by atoms with E-state index in [9.17, 15) is 0 Å². The van der Waals surface area contributed by atoms with Crippen LogP contribution < -0.4 is 5.73 Å². The van der Waals surface area contributed by atoms with Crippen LogP contribution in [0.4, 0.5) is 5.82 Å². The van der Waals surface area contributed by atoms with E-state index in [0.717, 1.165) is 24.6 Å². The number of nitrogens with two attached hydrogens (primary N) is 1. The Kier molecular flexibility index (Phi) is 3.75. The molecule has 1 saturated carbocycles. The maximum absolute atomic E-state index is 8.83. The van der Waals surface area contributed by atoms with Crippen molar-refractivity contribution in [2.75, 3.05) is 5.73 Å². The second-order valence-corrected chi connectivity index (χ2v) is 6.55. The van der Waals surface area contributed by atoms with Gasteiger partial charge in [-0.3, -0.25) is 0 Å². The SMILES string of the molecule is CC(C)(C)C1CCC(c2ncc(C#N)c(N)n2)CC1. The van der Waals surface area contributed by atoms with Gasteiger partial charge in [0.25, 0.3) is 0 Å². The standard InChI is InChI=1S/C15H22N4/c1-15(2,3)12-6-4-10(5-7-12)14-18-9-11(8-16)13(17)19-14/h9-10,12H,4-7H2,1-3H3,(H2,17,18,19). The number of aromatic nitrogens is 2. The summed E-state index contributed by atoms with van der Waals surface area (Å²) in [6.07, 6.45) is 6.23. The first-order chi connectivity index (χ1) is 8.91. The molecule has 2 N–H and O–H groups in total. The zero-order valence-electron chi connectivity index (χ0n) is 12.0. The fourth-order valence-electron chi connectivity index (χ4n) is 2.91. The maximum Gasteiger partial charge on any atom is 0.145 e. The van der Waals surface area contributed by atoms with Gasteiger partial charge in [-0.2, -0.15) is 5.26 Å². The molecular weight excluding hydrogens is 236 g/mol. The maximum atomic E-state index is 8.83. The van der Waals surface area contributed by atoms with Gasteiger partial charge in [-0.05, 0) is 37.0 Å². The lowest BCUT2D eigenvalue weighted by Crippen LogP contribution is -2.25. The molecule has 1 fully saturated rings. The van der Waals surface area contributed by atoms with Crippen molar-refractivity contribution in [1.29, 1.82) is 5.26 Å². The van der Waals surface area contributed by atoms with Crippen LogP contribution in [0.2, 0.25) is 0 Å². The molecule has 0 saturated heterocycles. The van der Waals surface area contributed by atoms with Crippen molar-refractivity contribution in [3.63, 3.8) is 0 Å². The molecule has 1 aromatic heterocycles. The van der Waals surface area contributed by atoms with Gasteiger partial charge in [0.05, 0.1) is 6.20 Å². The predicted octanol–water partition coefficient (Wildman–Crippen LogP) is 3.25. The molecule has 1 aliphatic carbocycles. The molecule has 4 heteroatoms. The van der Waals surface area contributed by atoms with Gasteiger partial charge in [0.1, 0.15) is 23.3 Å². The molecule has 0 amide bonds. The third-order valence-electron chi connectivity index (χ3n) is 4.27. The monoisotopic (exact) mass is 258 g/mol. The molecule has 4 nitrogen and oxygen atoms in total. The average Bonchev–Trinajstić information content (AvgIpc) is 2.38. The highest BCUT2D eigenvalue weighted by molar-refractivity contribution is 5.46. The van der Waals surface area contributed by atoms with Crippen LogP contribution in [-0.4, -0.2) is 9.97 Å². The fraction of sp³-hybridized carbons (Fsp3) is 0.667. The molecule has 0 radical (unpaired) electrons. The molecule has 0 bridgehead atoms. The number of anilines is 1. The van der Waals surface area contributed by atoms with Crippen LogP contribution in [0, 0.1) is 22.7 Å². The van der Waals surface area contributed by atoms with E-state index < -0.39 is 0 Å². The number of hydrogen-bond acceptors (Lipinski definition) is 4. The molecule has 0 aliphatic heterocycles. The highest BCUT2D eigenvalue weighted by Gasteiger charge is 2.31. The van der Waals surface area contributed by atoms with Crippen molar-refractivity contribution in [1.82, 2.24) is 9.97 Å². The third kappa shape index (κ3) is 3.04. The van der Waals surface area contributed by atoms with Gasteiger partial charge in [0.2, 0.25) is 0 Å². The van der Waals surface area contributed by atoms with Crippen LogP contribution in [0.25, 0.3) is 0 Å². The summed E-state index contributed by atoms with van der Waals surface area (Å²) < 4.78 is 0. The summed E-state index contributed by atoms with van der Waals surface area (Å²) in [6, 6.07) is 2.00. The Hall–Kier alpha value is -1.63. The van der Waals surface area contributed by atoms with Crippen LogP contribution in [0.5, 0.6) is 0 Å². The molecule has 1 heterocycles. The van der Waals surface area contributed by atoms with Crippen molar-refractivity contribution in [2.24, 2.45) is 11.3 Å². The number of nitriles is 1. The Balaban J connectivity index is 2.06. The number of nitrogens with zero attached hydrogens (tertiary/aromatic N) is 3. The summed E-state index contributed by atoms with van der Waals surface area (Å²) in [4.78, 5) is 8.61. The minimum absolute atomic E-state index is 0.311. The van der Waals surface area contributed by atoms with E-state index in [1.165, 1.54) is 12.8 Å². The van der Waals surface area contributed by atoms with Crippen LogP contribution in [0.1, 0.15) is 63.8 Å². The van der Waals surface area contributed by atoms with Crippen LogP contribution >= 0.6 is 0 Å². The van der Waals surface area contributed by atoms with E-state index in [4.69, 9.17) is 11.0 Å². The van der Waals surface area contributed by atoms with Crippen molar-refractivity contribution < 1.29 is 0 Å². The number of rotatable bonds is 1. The summed E-state index contributed by atoms with van der Waals surface area (Å²) in [5, 5.41) is 8.83. The van der Waals surface area contributed by atoms with Crippen molar-refractivity contribution >= 4 is 5.82 Å². The Bertz CT molecular complexity index is 488. The molecule has 1 aliphatic rings. The summed E-state index contributed by atoms with van der Waals surface area (Å²) in [5.74, 6) is 2.29. The van der Waals surface area contributed by atoms with E-state index in [-0.39, 0.29) is 0 Å². The quantitative estimate of drug-likeness (QED) is 0.839. The first kappa shape index (κ1) is 13.8. The lowest BCUT2D eigenvalue weighted by atomic mass is 9.70. The third-order valence-corrected chi connectivity index (χ3v) is 4.27. The molecule has 0 unspecified atom stereocenters. The first-order valence-corrected chi connectivity index (χ1v) is 6.94. The summed E-state index contributed by atoms with van der Waals surface area (Å²) in [7, 11) is 0. The van der Waals surface area contributed by atoms with Crippen LogP contribution in [-0.2, 0) is 0 Å². The molecule has 1 aromatic rings. The highest BCUT2D eigenvalue weighted by atomic mass is 14.9. The number of nitrogen functional groups attached to an aromatic ring is 1. The van der Waals surface area contributed by atoms with Crippen LogP contribution in [0.15, 0.2) is 6.20 Å². The molecule has 19 heavy (non-hydrogen) atoms. The van der Waals surface area contributed by atoms with Crippen LogP contribution in [0.3, 0.4) is 0 Å². The smallest absolute Gasteiger partial charge is 0.145 e. The minimum atomic E-state index is 0.311. The highest BCUT2D eigenvalue weighted by Crippen LogP contribution is 2.42. The first-order valence-electron chi connectivity index (χ1n) is 6.94. The van der Waals surface area contributed by atoms with Crippen molar-refractivity contribution in [2.45, 2.75) is 52.4 Å². The topological polar surface area (TPSA) is 75.6 Å². The minimum Gasteiger partial charge on any atom is -0.382 e. The van der Waals surface area contributed by atoms with E-state index in [2.05, 4.69) is 30.7 Å². The predicted molar refractivity (Wildman–Crippen MR) is 75.3 cm³/mol. The van der Waals surface area contributed by atoms with Crippen molar-refractivity contribution in [3.8, 4) is 6.07 Å². The van der Waals surface area contributed by atoms with E-state index in [1.807, 2.05) is 6.07 Å². The van der Waals surface area contributed by atoms with Crippen molar-refractivity contribution in [3.05, 3.63) is 17.6 Å². The average molecular weight is 258 g/mol.